The largest absolute Gasteiger partial charge is 0.458 e. The van der Waals surface area contributed by atoms with E-state index in [1.807, 2.05) is 4.90 Å². The highest BCUT2D eigenvalue weighted by atomic mass is 19.1. The normalized spacial score (nSPS) is 22.9. The molecular formula is C16H20FN3O3. The van der Waals surface area contributed by atoms with Crippen LogP contribution in [0.2, 0.25) is 0 Å². The Hall–Kier alpha value is -2.05. The summed E-state index contributed by atoms with van der Waals surface area (Å²) >= 11 is 0. The molecule has 1 aliphatic heterocycles. The zero-order valence-electron chi connectivity index (χ0n) is 12.9. The van der Waals surface area contributed by atoms with Gasteiger partial charge in [0.1, 0.15) is 11.9 Å². The van der Waals surface area contributed by atoms with Gasteiger partial charge in [-0.2, -0.15) is 0 Å². The third-order valence-corrected chi connectivity index (χ3v) is 4.45. The number of aromatic nitrogens is 2. The number of hydrogen-bond donors (Lipinski definition) is 0. The number of rotatable bonds is 3. The van der Waals surface area contributed by atoms with Crippen molar-refractivity contribution in [3.8, 4) is 6.01 Å². The van der Waals surface area contributed by atoms with Crippen LogP contribution in [0.25, 0.3) is 0 Å². The number of nitrogens with zero attached hydrogens (tertiary/aromatic N) is 3. The minimum Gasteiger partial charge on any atom is -0.458 e. The van der Waals surface area contributed by atoms with E-state index in [1.54, 1.807) is 0 Å². The molecule has 1 aromatic rings. The number of carbonyl (C=O) groups is 2. The number of Topliss-reactive ketones (excluding diaryl/α,β-unsaturated/α-hetero) is 1. The molecule has 23 heavy (non-hydrogen) atoms. The summed E-state index contributed by atoms with van der Waals surface area (Å²) in [5.41, 5.74) is 0. The molecule has 2 aliphatic rings. The first-order chi connectivity index (χ1) is 11.1. The van der Waals surface area contributed by atoms with Gasteiger partial charge in [-0.15, -0.1) is 0 Å². The van der Waals surface area contributed by atoms with Crippen molar-refractivity contribution in [3.63, 3.8) is 0 Å². The lowest BCUT2D eigenvalue weighted by Crippen LogP contribution is -2.47. The molecular weight excluding hydrogens is 301 g/mol. The topological polar surface area (TPSA) is 72.4 Å². The molecule has 0 spiro atoms. The van der Waals surface area contributed by atoms with Crippen molar-refractivity contribution in [1.82, 2.24) is 14.9 Å². The predicted molar refractivity (Wildman–Crippen MR) is 79.2 cm³/mol. The Morgan fingerprint density at radius 1 is 1.22 bits per heavy atom. The molecule has 1 saturated heterocycles. The van der Waals surface area contributed by atoms with Crippen molar-refractivity contribution in [2.75, 3.05) is 13.1 Å². The second-order valence-electron chi connectivity index (χ2n) is 6.16. The molecule has 1 unspecified atom stereocenters. The Labute approximate surface area is 134 Å². The summed E-state index contributed by atoms with van der Waals surface area (Å²) in [7, 11) is 0. The van der Waals surface area contributed by atoms with Crippen LogP contribution in [0.3, 0.4) is 0 Å². The first-order valence-corrected chi connectivity index (χ1v) is 8.06. The van der Waals surface area contributed by atoms with E-state index in [2.05, 4.69) is 9.97 Å². The average molecular weight is 321 g/mol. The minimum absolute atomic E-state index is 0.0477. The number of piperidine rings is 1. The summed E-state index contributed by atoms with van der Waals surface area (Å²) in [4.78, 5) is 33.3. The zero-order chi connectivity index (χ0) is 16.2. The van der Waals surface area contributed by atoms with Crippen molar-refractivity contribution < 1.29 is 18.7 Å². The van der Waals surface area contributed by atoms with E-state index in [4.69, 9.17) is 4.74 Å². The number of hydrogen-bond acceptors (Lipinski definition) is 5. The van der Waals surface area contributed by atoms with Crippen LogP contribution in [0.1, 0.15) is 38.5 Å². The molecule has 0 bridgehead atoms. The zero-order valence-corrected chi connectivity index (χ0v) is 12.9. The lowest BCUT2D eigenvalue weighted by Gasteiger charge is -2.35. The number of likely N-dealkylation sites (tertiary alicyclic amines) is 1. The molecule has 124 valence electrons. The third kappa shape index (κ3) is 4.03. The van der Waals surface area contributed by atoms with Crippen LogP contribution in [-0.4, -0.2) is 45.8 Å². The van der Waals surface area contributed by atoms with E-state index in [0.29, 0.717) is 38.8 Å². The van der Waals surface area contributed by atoms with Gasteiger partial charge >= 0.3 is 6.01 Å². The van der Waals surface area contributed by atoms with E-state index >= 15 is 0 Å². The van der Waals surface area contributed by atoms with Crippen LogP contribution in [0, 0.1) is 11.7 Å². The maximum Gasteiger partial charge on any atom is 0.316 e. The molecule has 6 nitrogen and oxygen atoms in total. The SMILES string of the molecule is O=C1CCC(C(=O)N2CCCC(Oc3ncc(F)cn3)C2)CC1. The van der Waals surface area contributed by atoms with Gasteiger partial charge in [0.15, 0.2) is 5.82 Å². The highest BCUT2D eigenvalue weighted by molar-refractivity contribution is 5.84. The third-order valence-electron chi connectivity index (χ3n) is 4.45. The fraction of sp³-hybridized carbons (Fsp3) is 0.625. The molecule has 1 atom stereocenters. The molecule has 0 aromatic carbocycles. The molecule has 1 amide bonds. The maximum absolute atomic E-state index is 12.8. The van der Waals surface area contributed by atoms with Crippen molar-refractivity contribution >= 4 is 11.7 Å². The Balaban J connectivity index is 1.56. The lowest BCUT2D eigenvalue weighted by atomic mass is 9.87. The van der Waals surface area contributed by atoms with E-state index in [9.17, 15) is 14.0 Å². The standard InChI is InChI=1S/C16H20FN3O3/c17-12-8-18-16(19-9-12)23-14-2-1-7-20(10-14)15(22)11-3-5-13(21)6-4-11/h8-9,11,14H,1-7,10H2. The average Bonchev–Trinajstić information content (AvgIpc) is 2.57. The second-order valence-corrected chi connectivity index (χ2v) is 6.16. The molecule has 1 aliphatic carbocycles. The van der Waals surface area contributed by atoms with Gasteiger partial charge in [-0.25, -0.2) is 14.4 Å². The number of carbonyl (C=O) groups excluding carboxylic acids is 2. The molecule has 2 heterocycles. The fourth-order valence-corrected chi connectivity index (χ4v) is 3.19. The highest BCUT2D eigenvalue weighted by Gasteiger charge is 2.32. The van der Waals surface area contributed by atoms with Gasteiger partial charge in [-0.1, -0.05) is 0 Å². The minimum atomic E-state index is -0.510. The van der Waals surface area contributed by atoms with Crippen molar-refractivity contribution in [2.45, 2.75) is 44.6 Å². The van der Waals surface area contributed by atoms with Crippen LogP contribution in [-0.2, 0) is 9.59 Å². The Bertz CT molecular complexity index is 568. The number of ether oxygens (including phenoxy) is 1. The smallest absolute Gasteiger partial charge is 0.316 e. The predicted octanol–water partition coefficient (Wildman–Crippen LogP) is 1.74. The monoisotopic (exact) mass is 321 g/mol. The van der Waals surface area contributed by atoms with Gasteiger partial charge in [0.05, 0.1) is 18.9 Å². The maximum atomic E-state index is 12.8. The van der Waals surface area contributed by atoms with Crippen LogP contribution in [0.15, 0.2) is 12.4 Å². The first-order valence-electron chi connectivity index (χ1n) is 8.06. The van der Waals surface area contributed by atoms with E-state index < -0.39 is 5.82 Å². The van der Waals surface area contributed by atoms with Gasteiger partial charge in [0, 0.05) is 25.3 Å². The van der Waals surface area contributed by atoms with Gasteiger partial charge in [-0.3, -0.25) is 9.59 Å². The Morgan fingerprint density at radius 2 is 1.91 bits per heavy atom. The van der Waals surface area contributed by atoms with E-state index in [-0.39, 0.29) is 29.7 Å². The quantitative estimate of drug-likeness (QED) is 0.848. The molecule has 2 fully saturated rings. The number of halogens is 1. The number of ketones is 1. The summed E-state index contributed by atoms with van der Waals surface area (Å²) < 4.78 is 18.5. The van der Waals surface area contributed by atoms with E-state index in [0.717, 1.165) is 25.2 Å². The lowest BCUT2D eigenvalue weighted by molar-refractivity contribution is -0.140. The van der Waals surface area contributed by atoms with Crippen LogP contribution < -0.4 is 4.74 Å². The summed E-state index contributed by atoms with van der Waals surface area (Å²) in [6, 6.07) is 0.133. The van der Waals surface area contributed by atoms with Crippen molar-refractivity contribution in [1.29, 1.82) is 0 Å². The number of amides is 1. The summed E-state index contributed by atoms with van der Waals surface area (Å²) in [6.07, 6.45) is 5.93. The summed E-state index contributed by atoms with van der Waals surface area (Å²) in [6.45, 7) is 1.21. The Morgan fingerprint density at radius 3 is 2.61 bits per heavy atom. The molecule has 0 N–H and O–H groups in total. The van der Waals surface area contributed by atoms with Gasteiger partial charge in [0.2, 0.25) is 5.91 Å². The van der Waals surface area contributed by atoms with Crippen LogP contribution >= 0.6 is 0 Å². The van der Waals surface area contributed by atoms with Gasteiger partial charge in [0.25, 0.3) is 0 Å². The fourth-order valence-electron chi connectivity index (χ4n) is 3.19. The van der Waals surface area contributed by atoms with E-state index in [1.165, 1.54) is 0 Å². The van der Waals surface area contributed by atoms with Crippen LogP contribution in [0.5, 0.6) is 6.01 Å². The summed E-state index contributed by atoms with van der Waals surface area (Å²) in [5, 5.41) is 0. The first kappa shape index (κ1) is 15.8. The molecule has 3 rings (SSSR count). The molecule has 1 aromatic heterocycles. The highest BCUT2D eigenvalue weighted by Crippen LogP contribution is 2.25. The van der Waals surface area contributed by atoms with Gasteiger partial charge < -0.3 is 9.64 Å². The molecule has 1 saturated carbocycles. The Kier molecular flexibility index (Phi) is 4.83. The van der Waals surface area contributed by atoms with Gasteiger partial charge in [-0.05, 0) is 25.7 Å². The summed E-state index contributed by atoms with van der Waals surface area (Å²) in [5.74, 6) is -0.189. The molecule has 0 radical (unpaired) electrons. The second kappa shape index (κ2) is 7.02. The molecule has 7 heteroatoms. The van der Waals surface area contributed by atoms with Crippen molar-refractivity contribution in [2.24, 2.45) is 5.92 Å². The van der Waals surface area contributed by atoms with Crippen molar-refractivity contribution in [3.05, 3.63) is 18.2 Å². The van der Waals surface area contributed by atoms with Crippen LogP contribution in [0.4, 0.5) is 4.39 Å².